The molecule has 0 aromatic carbocycles. The number of hydrogen-bond acceptors (Lipinski definition) is 2. The highest BCUT2D eigenvalue weighted by Gasteiger charge is 2.57. The maximum absolute atomic E-state index is 6.02. The number of ether oxygens (including phenoxy) is 1. The van der Waals surface area contributed by atoms with Crippen LogP contribution in [-0.4, -0.2) is 24.8 Å². The van der Waals surface area contributed by atoms with Crippen molar-refractivity contribution < 1.29 is 4.74 Å². The molecule has 110 valence electrons. The van der Waals surface area contributed by atoms with Crippen LogP contribution in [-0.2, 0) is 4.74 Å². The zero-order valence-corrected chi connectivity index (χ0v) is 13.0. The molecule has 0 amide bonds. The van der Waals surface area contributed by atoms with Crippen molar-refractivity contribution in [1.29, 1.82) is 0 Å². The molecule has 0 saturated heterocycles. The Hall–Kier alpha value is -0.0800. The van der Waals surface area contributed by atoms with Crippen LogP contribution >= 0.6 is 0 Å². The minimum Gasteiger partial charge on any atom is -0.378 e. The van der Waals surface area contributed by atoms with Gasteiger partial charge in [-0.15, -0.1) is 0 Å². The van der Waals surface area contributed by atoms with Crippen LogP contribution in [0.5, 0.6) is 0 Å². The summed E-state index contributed by atoms with van der Waals surface area (Å²) in [6, 6.07) is 1.46. The Kier molecular flexibility index (Phi) is 3.68. The fourth-order valence-electron chi connectivity index (χ4n) is 5.00. The minimum atomic E-state index is 0.495. The van der Waals surface area contributed by atoms with Crippen LogP contribution in [0.1, 0.15) is 72.1 Å². The topological polar surface area (TPSA) is 21.3 Å². The molecule has 2 heteroatoms. The van der Waals surface area contributed by atoms with Gasteiger partial charge < -0.3 is 10.1 Å². The summed E-state index contributed by atoms with van der Waals surface area (Å²) in [5.74, 6) is 0. The van der Waals surface area contributed by atoms with Crippen molar-refractivity contribution in [3.63, 3.8) is 0 Å². The van der Waals surface area contributed by atoms with Crippen LogP contribution in [0.3, 0.4) is 0 Å². The molecule has 0 aromatic rings. The Morgan fingerprint density at radius 3 is 2.37 bits per heavy atom. The molecular weight excluding hydrogens is 234 g/mol. The van der Waals surface area contributed by atoms with Gasteiger partial charge in [0.05, 0.1) is 6.10 Å². The van der Waals surface area contributed by atoms with E-state index in [0.717, 1.165) is 18.7 Å². The van der Waals surface area contributed by atoms with Crippen molar-refractivity contribution in [3.8, 4) is 0 Å². The molecule has 2 nitrogen and oxygen atoms in total. The molecule has 0 heterocycles. The quantitative estimate of drug-likeness (QED) is 0.832. The Bertz CT molecular complexity index is 319. The molecule has 0 radical (unpaired) electrons. The average Bonchev–Trinajstić information content (AvgIpc) is 2.97. The Balaban J connectivity index is 1.65. The third kappa shape index (κ3) is 2.25. The molecular formula is C17H31NO. The van der Waals surface area contributed by atoms with E-state index >= 15 is 0 Å². The van der Waals surface area contributed by atoms with Crippen molar-refractivity contribution >= 4 is 0 Å². The van der Waals surface area contributed by atoms with E-state index in [4.69, 9.17) is 4.74 Å². The Morgan fingerprint density at radius 1 is 1.05 bits per heavy atom. The Morgan fingerprint density at radius 2 is 1.79 bits per heavy atom. The van der Waals surface area contributed by atoms with Crippen LogP contribution in [0.2, 0.25) is 0 Å². The lowest BCUT2D eigenvalue weighted by molar-refractivity contribution is -0.134. The smallest absolute Gasteiger partial charge is 0.0661 e. The van der Waals surface area contributed by atoms with Crippen LogP contribution in [0.15, 0.2) is 0 Å². The molecule has 3 saturated carbocycles. The first-order valence-electron chi connectivity index (χ1n) is 8.46. The van der Waals surface area contributed by atoms with Crippen LogP contribution in [0.4, 0.5) is 0 Å². The molecule has 3 aliphatic rings. The van der Waals surface area contributed by atoms with E-state index in [1.807, 2.05) is 0 Å². The summed E-state index contributed by atoms with van der Waals surface area (Å²) in [5.41, 5.74) is 0.991. The fourth-order valence-corrected chi connectivity index (χ4v) is 5.00. The third-order valence-corrected chi connectivity index (χ3v) is 6.35. The molecule has 1 spiro atoms. The first-order valence-corrected chi connectivity index (χ1v) is 8.46. The highest BCUT2D eigenvalue weighted by Crippen LogP contribution is 2.55. The van der Waals surface area contributed by atoms with Gasteiger partial charge in [0.2, 0.25) is 0 Å². The molecule has 19 heavy (non-hydrogen) atoms. The van der Waals surface area contributed by atoms with Gasteiger partial charge in [-0.05, 0) is 44.4 Å². The van der Waals surface area contributed by atoms with Gasteiger partial charge in [-0.1, -0.05) is 33.1 Å². The second-order valence-corrected chi connectivity index (χ2v) is 7.77. The summed E-state index contributed by atoms with van der Waals surface area (Å²) in [5, 5.41) is 4.05. The molecule has 0 bridgehead atoms. The van der Waals surface area contributed by atoms with Crippen LogP contribution in [0, 0.1) is 10.8 Å². The lowest BCUT2D eigenvalue weighted by Gasteiger charge is -2.56. The van der Waals surface area contributed by atoms with E-state index in [0.29, 0.717) is 16.9 Å². The summed E-state index contributed by atoms with van der Waals surface area (Å²) >= 11 is 0. The van der Waals surface area contributed by atoms with Gasteiger partial charge in [0, 0.05) is 24.1 Å². The second-order valence-electron chi connectivity index (χ2n) is 7.77. The first kappa shape index (κ1) is 13.9. The average molecular weight is 265 g/mol. The lowest BCUT2D eigenvalue weighted by atomic mass is 9.60. The number of rotatable bonds is 4. The zero-order chi connectivity index (χ0) is 13.5. The first-order chi connectivity index (χ1) is 9.08. The molecule has 1 N–H and O–H groups in total. The fraction of sp³-hybridized carbons (Fsp3) is 1.00. The van der Waals surface area contributed by atoms with Crippen molar-refractivity contribution in [1.82, 2.24) is 5.32 Å². The van der Waals surface area contributed by atoms with Crippen molar-refractivity contribution in [2.24, 2.45) is 10.8 Å². The summed E-state index contributed by atoms with van der Waals surface area (Å²) in [6.45, 7) is 7.91. The van der Waals surface area contributed by atoms with E-state index in [9.17, 15) is 0 Å². The highest BCUT2D eigenvalue weighted by atomic mass is 16.5. The zero-order valence-electron chi connectivity index (χ0n) is 13.0. The van der Waals surface area contributed by atoms with Crippen LogP contribution < -0.4 is 5.32 Å². The molecule has 0 aromatic heterocycles. The molecule has 3 aliphatic carbocycles. The maximum Gasteiger partial charge on any atom is 0.0661 e. The predicted molar refractivity (Wildman–Crippen MR) is 79.3 cm³/mol. The summed E-state index contributed by atoms with van der Waals surface area (Å²) in [7, 11) is 0. The van der Waals surface area contributed by atoms with Gasteiger partial charge in [-0.3, -0.25) is 0 Å². The van der Waals surface area contributed by atoms with Gasteiger partial charge in [0.1, 0.15) is 0 Å². The van der Waals surface area contributed by atoms with Gasteiger partial charge in [0.15, 0.2) is 0 Å². The second kappa shape index (κ2) is 5.04. The summed E-state index contributed by atoms with van der Waals surface area (Å²) < 4.78 is 6.02. The predicted octanol–water partition coefficient (Wildman–Crippen LogP) is 3.89. The van der Waals surface area contributed by atoms with Gasteiger partial charge in [0.25, 0.3) is 0 Å². The third-order valence-electron chi connectivity index (χ3n) is 6.35. The summed E-state index contributed by atoms with van der Waals surface area (Å²) in [6.07, 6.45) is 11.6. The lowest BCUT2D eigenvalue weighted by Crippen LogP contribution is -2.65. The van der Waals surface area contributed by atoms with Gasteiger partial charge >= 0.3 is 0 Å². The van der Waals surface area contributed by atoms with E-state index in [-0.39, 0.29) is 0 Å². The van der Waals surface area contributed by atoms with Gasteiger partial charge in [-0.2, -0.15) is 0 Å². The van der Waals surface area contributed by atoms with Gasteiger partial charge in [-0.25, -0.2) is 0 Å². The van der Waals surface area contributed by atoms with Crippen molar-refractivity contribution in [2.45, 2.75) is 90.3 Å². The number of nitrogens with one attached hydrogen (secondary N) is 1. The number of hydrogen-bond donors (Lipinski definition) is 1. The largest absolute Gasteiger partial charge is 0.378 e. The monoisotopic (exact) mass is 265 g/mol. The SMILES string of the molecule is CCOC1CC(NC2CCCC2(C)C)C12CCCC2. The van der Waals surface area contributed by atoms with E-state index in [1.54, 1.807) is 0 Å². The Labute approximate surface area is 118 Å². The van der Waals surface area contributed by atoms with Crippen LogP contribution in [0.25, 0.3) is 0 Å². The molecule has 3 rings (SSSR count). The van der Waals surface area contributed by atoms with Crippen molar-refractivity contribution in [2.75, 3.05) is 6.61 Å². The molecule has 3 unspecified atom stereocenters. The normalized spacial score (nSPS) is 39.6. The molecule has 3 fully saturated rings. The minimum absolute atomic E-state index is 0.495. The molecule has 0 aliphatic heterocycles. The standard InChI is InChI=1S/C17H31NO/c1-4-19-15-12-14(17(15)10-5-6-11-17)18-13-8-7-9-16(13,2)3/h13-15,18H,4-12H2,1-3H3. The maximum atomic E-state index is 6.02. The molecule has 3 atom stereocenters. The highest BCUT2D eigenvalue weighted by molar-refractivity contribution is 5.11. The van der Waals surface area contributed by atoms with Crippen molar-refractivity contribution in [3.05, 3.63) is 0 Å². The van der Waals surface area contributed by atoms with E-state index in [2.05, 4.69) is 26.1 Å². The summed E-state index contributed by atoms with van der Waals surface area (Å²) in [4.78, 5) is 0. The van der Waals surface area contributed by atoms with E-state index < -0.39 is 0 Å². The van der Waals surface area contributed by atoms with E-state index in [1.165, 1.54) is 51.4 Å².